The first-order valence-electron chi connectivity index (χ1n) is 9.86. The molecule has 4 nitrogen and oxygen atoms in total. The van der Waals surface area contributed by atoms with Crippen LogP contribution >= 0.6 is 0 Å². The summed E-state index contributed by atoms with van der Waals surface area (Å²) < 4.78 is 27.5. The van der Waals surface area contributed by atoms with E-state index in [0.717, 1.165) is 45.3 Å². The monoisotopic (exact) mass is 374 g/mol. The van der Waals surface area contributed by atoms with Crippen molar-refractivity contribution in [3.63, 3.8) is 0 Å². The van der Waals surface area contributed by atoms with Gasteiger partial charge in [-0.1, -0.05) is 36.4 Å². The highest BCUT2D eigenvalue weighted by Crippen LogP contribution is 2.47. The van der Waals surface area contributed by atoms with Gasteiger partial charge < -0.3 is 0 Å². The predicted octanol–water partition coefficient (Wildman–Crippen LogP) is 2.78. The lowest BCUT2D eigenvalue weighted by Gasteiger charge is -2.29. The first-order valence-corrected chi connectivity index (χ1v) is 11.5. The van der Waals surface area contributed by atoms with Gasteiger partial charge in [-0.25, -0.2) is 12.7 Å². The molecule has 1 aliphatic carbocycles. The van der Waals surface area contributed by atoms with Crippen molar-refractivity contribution in [3.8, 4) is 0 Å². The van der Waals surface area contributed by atoms with E-state index in [1.807, 2.05) is 16.4 Å². The highest BCUT2D eigenvalue weighted by Gasteiger charge is 2.54. The van der Waals surface area contributed by atoms with Gasteiger partial charge in [0.1, 0.15) is 0 Å². The molecule has 3 aliphatic rings. The highest BCUT2D eigenvalue weighted by molar-refractivity contribution is 7.89. The van der Waals surface area contributed by atoms with Crippen LogP contribution in [0.3, 0.4) is 0 Å². The third kappa shape index (κ3) is 3.75. The van der Waals surface area contributed by atoms with Gasteiger partial charge in [0.15, 0.2) is 0 Å². The molecule has 1 aromatic carbocycles. The van der Waals surface area contributed by atoms with E-state index < -0.39 is 10.0 Å². The van der Waals surface area contributed by atoms with Crippen molar-refractivity contribution in [1.82, 2.24) is 9.21 Å². The van der Waals surface area contributed by atoms with Crippen molar-refractivity contribution in [1.29, 1.82) is 0 Å². The van der Waals surface area contributed by atoms with E-state index in [0.29, 0.717) is 30.7 Å². The molecule has 0 unspecified atom stereocenters. The fourth-order valence-electron chi connectivity index (χ4n) is 4.86. The second kappa shape index (κ2) is 7.10. The van der Waals surface area contributed by atoms with Crippen molar-refractivity contribution >= 4 is 10.0 Å². The maximum absolute atomic E-state index is 12.8. The second-order valence-electron chi connectivity index (χ2n) is 8.54. The number of hydrogen-bond donors (Lipinski definition) is 0. The Kier molecular flexibility index (Phi) is 4.97. The Morgan fingerprint density at radius 1 is 1.15 bits per heavy atom. The Hall–Kier alpha value is -1.17. The number of fused-ring (bicyclic) bond motifs is 1. The van der Waals surface area contributed by atoms with Crippen LogP contribution in [0.4, 0.5) is 0 Å². The Morgan fingerprint density at radius 2 is 1.92 bits per heavy atom. The van der Waals surface area contributed by atoms with Crippen molar-refractivity contribution in [2.75, 3.05) is 38.5 Å². The largest absolute Gasteiger partial charge is 0.299 e. The number of rotatable bonds is 8. The van der Waals surface area contributed by atoms with Crippen molar-refractivity contribution in [3.05, 3.63) is 48.6 Å². The lowest BCUT2D eigenvalue weighted by Crippen LogP contribution is -2.38. The molecule has 0 amide bonds. The molecule has 0 N–H and O–H groups in total. The zero-order valence-electron chi connectivity index (χ0n) is 15.5. The summed E-state index contributed by atoms with van der Waals surface area (Å²) in [6, 6.07) is 10.6. The molecule has 1 aromatic rings. The SMILES string of the molecule is C=CCN1C[C@H]2CN(S(=O)(=O)CC3CC3)C[C@@]2(CCc2ccccc2)C1. The molecule has 1 saturated carbocycles. The summed E-state index contributed by atoms with van der Waals surface area (Å²) in [5.41, 5.74) is 1.44. The number of likely N-dealkylation sites (tertiary alicyclic amines) is 1. The van der Waals surface area contributed by atoms with Gasteiger partial charge in [-0.15, -0.1) is 6.58 Å². The van der Waals surface area contributed by atoms with E-state index >= 15 is 0 Å². The van der Waals surface area contributed by atoms with Gasteiger partial charge in [-0.05, 0) is 43.1 Å². The molecular weight excluding hydrogens is 344 g/mol. The molecule has 0 radical (unpaired) electrons. The molecule has 4 rings (SSSR count). The summed E-state index contributed by atoms with van der Waals surface area (Å²) in [4.78, 5) is 2.45. The average molecular weight is 375 g/mol. The third-order valence-electron chi connectivity index (χ3n) is 6.48. The molecule has 5 heteroatoms. The second-order valence-corrected chi connectivity index (χ2v) is 10.6. The fourth-order valence-corrected chi connectivity index (χ4v) is 6.86. The molecule has 0 bridgehead atoms. The third-order valence-corrected chi connectivity index (χ3v) is 8.43. The molecule has 2 saturated heterocycles. The van der Waals surface area contributed by atoms with Gasteiger partial charge in [0.05, 0.1) is 5.75 Å². The zero-order chi connectivity index (χ0) is 18.2. The average Bonchev–Trinajstić information content (AvgIpc) is 3.24. The predicted molar refractivity (Wildman–Crippen MR) is 105 cm³/mol. The summed E-state index contributed by atoms with van der Waals surface area (Å²) in [5, 5.41) is 0. The Labute approximate surface area is 157 Å². The number of nitrogens with zero attached hydrogens (tertiary/aromatic N) is 2. The van der Waals surface area contributed by atoms with E-state index in [1.54, 1.807) is 0 Å². The van der Waals surface area contributed by atoms with Crippen LogP contribution in [0.2, 0.25) is 0 Å². The minimum Gasteiger partial charge on any atom is -0.299 e. The zero-order valence-corrected chi connectivity index (χ0v) is 16.3. The highest BCUT2D eigenvalue weighted by atomic mass is 32.2. The Bertz CT molecular complexity index is 745. The van der Waals surface area contributed by atoms with E-state index in [4.69, 9.17) is 0 Å². The molecule has 0 spiro atoms. The first-order chi connectivity index (χ1) is 12.5. The number of hydrogen-bond acceptors (Lipinski definition) is 3. The Morgan fingerprint density at radius 3 is 2.62 bits per heavy atom. The lowest BCUT2D eigenvalue weighted by atomic mass is 9.76. The van der Waals surface area contributed by atoms with E-state index in [1.165, 1.54) is 5.56 Å². The summed E-state index contributed by atoms with van der Waals surface area (Å²) >= 11 is 0. The molecule has 2 atom stereocenters. The van der Waals surface area contributed by atoms with Crippen LogP contribution in [0.1, 0.15) is 24.8 Å². The number of sulfonamides is 1. The van der Waals surface area contributed by atoms with Crippen molar-refractivity contribution in [2.45, 2.75) is 25.7 Å². The van der Waals surface area contributed by atoms with Crippen molar-refractivity contribution < 1.29 is 8.42 Å². The Balaban J connectivity index is 1.50. The van der Waals surface area contributed by atoms with Crippen LogP contribution in [-0.4, -0.2) is 56.1 Å². The van der Waals surface area contributed by atoms with Gasteiger partial charge in [-0.2, -0.15) is 0 Å². The van der Waals surface area contributed by atoms with Gasteiger partial charge in [-0.3, -0.25) is 4.90 Å². The molecule has 2 heterocycles. The van der Waals surface area contributed by atoms with E-state index in [2.05, 4.69) is 35.7 Å². The van der Waals surface area contributed by atoms with E-state index in [9.17, 15) is 8.42 Å². The number of benzene rings is 1. The molecule has 2 aliphatic heterocycles. The maximum Gasteiger partial charge on any atom is 0.214 e. The van der Waals surface area contributed by atoms with Crippen LogP contribution in [0, 0.1) is 17.3 Å². The van der Waals surface area contributed by atoms with Crippen LogP contribution in [0.25, 0.3) is 0 Å². The standard InChI is InChI=1S/C21H30N2O2S/c1-2-12-22-13-20-14-23(26(24,25)15-19-8-9-19)17-21(20,16-22)11-10-18-6-4-3-5-7-18/h2-7,19-20H,1,8-17H2/t20-,21+/m0/s1. The molecule has 142 valence electrons. The topological polar surface area (TPSA) is 40.6 Å². The van der Waals surface area contributed by atoms with Crippen molar-refractivity contribution in [2.24, 2.45) is 17.3 Å². The van der Waals surface area contributed by atoms with Gasteiger partial charge >= 0.3 is 0 Å². The van der Waals surface area contributed by atoms with Crippen LogP contribution in [0.15, 0.2) is 43.0 Å². The summed E-state index contributed by atoms with van der Waals surface area (Å²) in [7, 11) is -3.09. The van der Waals surface area contributed by atoms with Crippen LogP contribution in [0.5, 0.6) is 0 Å². The normalized spacial score (nSPS) is 29.8. The quantitative estimate of drug-likeness (QED) is 0.657. The molecule has 3 fully saturated rings. The summed E-state index contributed by atoms with van der Waals surface area (Å²) in [6.45, 7) is 8.18. The van der Waals surface area contributed by atoms with E-state index in [-0.39, 0.29) is 5.41 Å². The minimum atomic E-state index is -3.09. The van der Waals surface area contributed by atoms with Gasteiger partial charge in [0.2, 0.25) is 10.0 Å². The van der Waals surface area contributed by atoms with Gasteiger partial charge in [0.25, 0.3) is 0 Å². The lowest BCUT2D eigenvalue weighted by molar-refractivity contribution is 0.236. The fraction of sp³-hybridized carbons (Fsp3) is 0.619. The maximum atomic E-state index is 12.8. The minimum absolute atomic E-state index is 0.0927. The van der Waals surface area contributed by atoms with Crippen LogP contribution < -0.4 is 0 Å². The van der Waals surface area contributed by atoms with Crippen LogP contribution in [-0.2, 0) is 16.4 Å². The smallest absolute Gasteiger partial charge is 0.214 e. The summed E-state index contributed by atoms with van der Waals surface area (Å²) in [5.74, 6) is 1.23. The first kappa shape index (κ1) is 18.2. The van der Waals surface area contributed by atoms with Gasteiger partial charge in [0, 0.05) is 38.1 Å². The summed E-state index contributed by atoms with van der Waals surface area (Å²) in [6.07, 6.45) is 6.22. The molecule has 26 heavy (non-hydrogen) atoms. The molecular formula is C21H30N2O2S. The molecule has 0 aromatic heterocycles. The number of aryl methyl sites for hydroxylation is 1.